The Morgan fingerprint density at radius 3 is 1.00 bits per heavy atom. The van der Waals surface area contributed by atoms with Crippen molar-refractivity contribution in [2.24, 2.45) is 0 Å². The van der Waals surface area contributed by atoms with E-state index in [9.17, 15) is 0 Å². The summed E-state index contributed by atoms with van der Waals surface area (Å²) in [4.78, 5) is 0. The molecule has 0 heterocycles. The quantitative estimate of drug-likeness (QED) is 0.456. The first-order valence-electron chi connectivity index (χ1n) is 0. The average molecular weight is 220 g/mol. The maximum Gasteiger partial charge on any atom is 3.00 e. The molecule has 0 spiro atoms. The molecule has 0 aromatic carbocycles. The van der Waals surface area contributed by atoms with E-state index in [1.165, 1.54) is 0 Å². The third-order valence-electron chi connectivity index (χ3n) is 0. The molecule has 1 nitrogen and oxygen atoms in total. The van der Waals surface area contributed by atoms with Crippen LogP contribution in [-0.4, -0.2) is 104 Å². The molecule has 0 aromatic heterocycles. The van der Waals surface area contributed by atoms with Gasteiger partial charge in [-0.1, -0.05) is 0 Å². The van der Waals surface area contributed by atoms with E-state index >= 15 is 0 Å². The molecule has 4 heteroatoms. The summed E-state index contributed by atoms with van der Waals surface area (Å²) in [6.45, 7) is 0. The van der Waals surface area contributed by atoms with Gasteiger partial charge >= 0.3 is 104 Å². The van der Waals surface area contributed by atoms with Gasteiger partial charge in [0.15, 0.2) is 0 Å². The normalized spacial score (nSPS) is 0. The van der Waals surface area contributed by atoms with Gasteiger partial charge in [-0.05, 0) is 0 Å². The molecule has 0 aliphatic heterocycles. The second-order valence-electron chi connectivity index (χ2n) is 0. The molecule has 0 saturated carbocycles. The fourth-order valence-electron chi connectivity index (χ4n) is 0. The van der Waals surface area contributed by atoms with Crippen molar-refractivity contribution in [2.45, 2.75) is 0 Å². The van der Waals surface area contributed by atoms with Gasteiger partial charge in [0.25, 0.3) is 0 Å². The summed E-state index contributed by atoms with van der Waals surface area (Å²) in [6, 6.07) is 0. The van der Waals surface area contributed by atoms with Gasteiger partial charge in [0.1, 0.15) is 0 Å². The molecule has 0 rings (SSSR count). The second-order valence-corrected chi connectivity index (χ2v) is 0. The van der Waals surface area contributed by atoms with Gasteiger partial charge in [-0.25, -0.2) is 0 Å². The molecular weight excluding hydrogens is 220 g/mol. The monoisotopic (exact) mass is 221 g/mol. The van der Waals surface area contributed by atoms with Crippen LogP contribution in [0, 0.1) is 0 Å². The Morgan fingerprint density at radius 2 is 1.00 bits per heavy atom. The van der Waals surface area contributed by atoms with Crippen LogP contribution < -0.4 is 0 Å². The van der Waals surface area contributed by atoms with Crippen molar-refractivity contribution in [3.05, 3.63) is 0 Å². The van der Waals surface area contributed by atoms with Crippen LogP contribution in [0.4, 0.5) is 0 Å². The maximum atomic E-state index is 0. The standard InChI is InChI=1S/Al.Ba.Ca.O/q+3;2*+2;-2. The summed E-state index contributed by atoms with van der Waals surface area (Å²) in [5, 5.41) is 0. The summed E-state index contributed by atoms with van der Waals surface area (Å²) in [7, 11) is 0. The second kappa shape index (κ2) is 16.2. The maximum absolute atomic E-state index is 0. The van der Waals surface area contributed by atoms with E-state index in [-0.39, 0.29) is 109 Å². The zero-order valence-electron chi connectivity index (χ0n) is 2.40. The van der Waals surface area contributed by atoms with Gasteiger partial charge in [0.05, 0.1) is 0 Å². The number of hydrogen-bond donors (Lipinski definition) is 0. The summed E-state index contributed by atoms with van der Waals surface area (Å²) < 4.78 is 0. The minimum absolute atomic E-state index is 0. The molecule has 0 aliphatic carbocycles. The average Bonchev–Trinajstić information content (AvgIpc) is 0. The van der Waals surface area contributed by atoms with Crippen LogP contribution >= 0.6 is 0 Å². The number of hydrogen-bond acceptors (Lipinski definition) is 0. The van der Waals surface area contributed by atoms with Crippen molar-refractivity contribution in [3.8, 4) is 0 Å². The molecule has 0 fully saturated rings. The van der Waals surface area contributed by atoms with E-state index in [0.29, 0.717) is 0 Å². The number of rotatable bonds is 0. The van der Waals surface area contributed by atoms with Crippen LogP contribution in [0.5, 0.6) is 0 Å². The van der Waals surface area contributed by atoms with Gasteiger partial charge in [0, 0.05) is 0 Å². The predicted octanol–water partition coefficient (Wildman–Crippen LogP) is -1.26. The first kappa shape index (κ1) is 26.5. The third kappa shape index (κ3) is 9.01. The fourth-order valence-corrected chi connectivity index (χ4v) is 0. The van der Waals surface area contributed by atoms with Gasteiger partial charge in [-0.2, -0.15) is 0 Å². The molecule has 0 atom stereocenters. The molecule has 0 amide bonds. The molecule has 0 unspecified atom stereocenters. The van der Waals surface area contributed by atoms with Gasteiger partial charge in [-0.15, -0.1) is 0 Å². The van der Waals surface area contributed by atoms with Gasteiger partial charge in [0.2, 0.25) is 0 Å². The van der Waals surface area contributed by atoms with E-state index < -0.39 is 0 Å². The Labute approximate surface area is 106 Å². The van der Waals surface area contributed by atoms with Crippen molar-refractivity contribution in [2.75, 3.05) is 0 Å². The van der Waals surface area contributed by atoms with Crippen molar-refractivity contribution in [3.63, 3.8) is 0 Å². The van der Waals surface area contributed by atoms with Crippen molar-refractivity contribution in [1.82, 2.24) is 0 Å². The van der Waals surface area contributed by atoms with Crippen LogP contribution in [-0.2, 0) is 5.48 Å². The van der Waals surface area contributed by atoms with Crippen LogP contribution in [0.3, 0.4) is 0 Å². The molecule has 0 aliphatic rings. The minimum atomic E-state index is 0. The first-order valence-corrected chi connectivity index (χ1v) is 0. The van der Waals surface area contributed by atoms with Crippen molar-refractivity contribution in [1.29, 1.82) is 0 Å². The molecule has 0 aromatic rings. The Kier molecular flexibility index (Phi) is 108. The topological polar surface area (TPSA) is 28.5 Å². The largest absolute Gasteiger partial charge is 3.00 e. The van der Waals surface area contributed by atoms with E-state index in [4.69, 9.17) is 0 Å². The molecule has 8 valence electrons. The minimum Gasteiger partial charge on any atom is -2.00 e. The Bertz CT molecular complexity index is 8.00. The molecule has 4 heavy (non-hydrogen) atoms. The van der Waals surface area contributed by atoms with Crippen LogP contribution in [0.15, 0.2) is 0 Å². The van der Waals surface area contributed by atoms with E-state index in [1.54, 1.807) is 0 Å². The Hall–Kier alpha value is 3.32. The summed E-state index contributed by atoms with van der Waals surface area (Å²) in [5.41, 5.74) is 0. The first-order chi connectivity index (χ1) is 0. The summed E-state index contributed by atoms with van der Waals surface area (Å²) >= 11 is 0. The summed E-state index contributed by atoms with van der Waals surface area (Å²) in [5.74, 6) is 0. The van der Waals surface area contributed by atoms with E-state index in [0.717, 1.165) is 0 Å². The molecule has 0 saturated heterocycles. The summed E-state index contributed by atoms with van der Waals surface area (Å²) in [6.07, 6.45) is 0. The fraction of sp³-hybridized carbons (Fsp3) is 0. The van der Waals surface area contributed by atoms with Crippen LogP contribution in [0.1, 0.15) is 0 Å². The van der Waals surface area contributed by atoms with Gasteiger partial charge < -0.3 is 5.48 Å². The van der Waals surface area contributed by atoms with Crippen molar-refractivity contribution < 1.29 is 5.48 Å². The third-order valence-corrected chi connectivity index (χ3v) is 0. The molecular formula is AlBaCaO+5. The van der Waals surface area contributed by atoms with Crippen molar-refractivity contribution >= 4 is 104 Å². The van der Waals surface area contributed by atoms with E-state index in [2.05, 4.69) is 0 Å². The van der Waals surface area contributed by atoms with Gasteiger partial charge in [-0.3, -0.25) is 0 Å². The Morgan fingerprint density at radius 1 is 1.00 bits per heavy atom. The van der Waals surface area contributed by atoms with Crippen LogP contribution in [0.2, 0.25) is 0 Å². The molecule has 0 bridgehead atoms. The Balaban J connectivity index is 0. The zero-order chi connectivity index (χ0) is 0. The molecule has 0 radical (unpaired) electrons. The van der Waals surface area contributed by atoms with E-state index in [1.807, 2.05) is 0 Å². The SMILES string of the molecule is [Al+3].[Ba+2].[Ca+2].[O-2]. The zero-order valence-corrected chi connectivity index (χ0v) is 10.2. The van der Waals surface area contributed by atoms with Crippen LogP contribution in [0.25, 0.3) is 0 Å². The molecule has 0 N–H and O–H groups in total. The smallest absolute Gasteiger partial charge is 2.00 e. The predicted molar refractivity (Wildman–Crippen MR) is 17.9 cm³/mol.